The van der Waals surface area contributed by atoms with Crippen LogP contribution in [-0.4, -0.2) is 24.3 Å². The molecule has 0 spiro atoms. The first kappa shape index (κ1) is 14.0. The topological polar surface area (TPSA) is 32.3 Å². The van der Waals surface area contributed by atoms with Gasteiger partial charge < -0.3 is 10.4 Å². The normalized spacial score (nSPS) is 28.3. The van der Waals surface area contributed by atoms with Crippen LogP contribution in [0.15, 0.2) is 0 Å². The third-order valence-corrected chi connectivity index (χ3v) is 3.81. The summed E-state index contributed by atoms with van der Waals surface area (Å²) in [5.74, 6) is 2.44. The monoisotopic (exact) mass is 227 g/mol. The first-order valence-electron chi connectivity index (χ1n) is 6.96. The lowest BCUT2D eigenvalue weighted by molar-refractivity contribution is 0.206. The molecule has 1 rings (SSSR count). The van der Waals surface area contributed by atoms with E-state index in [0.717, 1.165) is 24.8 Å². The molecule has 1 aliphatic rings. The van der Waals surface area contributed by atoms with E-state index in [2.05, 4.69) is 26.1 Å². The first-order chi connectivity index (χ1) is 7.61. The summed E-state index contributed by atoms with van der Waals surface area (Å²) in [6, 6.07) is 0.305. The average Bonchev–Trinajstić information content (AvgIpc) is 2.26. The van der Waals surface area contributed by atoms with Crippen molar-refractivity contribution in [1.29, 1.82) is 0 Å². The van der Waals surface area contributed by atoms with E-state index in [1.807, 2.05) is 0 Å². The molecule has 1 aliphatic carbocycles. The summed E-state index contributed by atoms with van der Waals surface area (Å²) in [4.78, 5) is 0. The van der Waals surface area contributed by atoms with Crippen molar-refractivity contribution in [2.45, 2.75) is 58.9 Å². The molecule has 1 unspecified atom stereocenters. The first-order valence-corrected chi connectivity index (χ1v) is 6.96. The molecule has 0 radical (unpaired) electrons. The fourth-order valence-electron chi connectivity index (χ4n) is 2.66. The second-order valence-electron chi connectivity index (χ2n) is 6.04. The summed E-state index contributed by atoms with van der Waals surface area (Å²) < 4.78 is 0. The molecule has 1 saturated carbocycles. The summed E-state index contributed by atoms with van der Waals surface area (Å²) in [5, 5.41) is 12.8. The number of aliphatic hydroxyl groups is 1. The van der Waals surface area contributed by atoms with Crippen LogP contribution in [0.4, 0.5) is 0 Å². The van der Waals surface area contributed by atoms with Gasteiger partial charge in [0, 0.05) is 6.04 Å². The summed E-state index contributed by atoms with van der Waals surface area (Å²) in [5.41, 5.74) is 0. The van der Waals surface area contributed by atoms with Crippen molar-refractivity contribution >= 4 is 0 Å². The largest absolute Gasteiger partial charge is 0.395 e. The van der Waals surface area contributed by atoms with Gasteiger partial charge in [-0.1, -0.05) is 33.6 Å². The Hall–Kier alpha value is -0.0800. The van der Waals surface area contributed by atoms with Gasteiger partial charge in [-0.3, -0.25) is 0 Å². The maximum absolute atomic E-state index is 9.28. The Balaban J connectivity index is 2.16. The molecule has 96 valence electrons. The third kappa shape index (κ3) is 5.31. The molecular weight excluding hydrogens is 198 g/mol. The Morgan fingerprint density at radius 2 is 1.81 bits per heavy atom. The Morgan fingerprint density at radius 1 is 1.19 bits per heavy atom. The highest BCUT2D eigenvalue weighted by molar-refractivity contribution is 4.75. The Labute approximate surface area is 101 Å². The zero-order chi connectivity index (χ0) is 12.0. The molecule has 1 fully saturated rings. The van der Waals surface area contributed by atoms with E-state index >= 15 is 0 Å². The number of rotatable bonds is 6. The van der Waals surface area contributed by atoms with Gasteiger partial charge in [0.15, 0.2) is 0 Å². The van der Waals surface area contributed by atoms with Crippen LogP contribution in [0.2, 0.25) is 0 Å². The fraction of sp³-hybridized carbons (Fsp3) is 1.00. The van der Waals surface area contributed by atoms with Crippen molar-refractivity contribution in [2.24, 2.45) is 17.8 Å². The van der Waals surface area contributed by atoms with E-state index < -0.39 is 0 Å². The van der Waals surface area contributed by atoms with Crippen LogP contribution in [0.5, 0.6) is 0 Å². The van der Waals surface area contributed by atoms with Gasteiger partial charge in [0.1, 0.15) is 0 Å². The number of aliphatic hydroxyl groups excluding tert-OH is 1. The summed E-state index contributed by atoms with van der Waals surface area (Å²) in [6.45, 7) is 8.17. The molecule has 2 nitrogen and oxygen atoms in total. The van der Waals surface area contributed by atoms with Crippen LogP contribution >= 0.6 is 0 Å². The molecular formula is C14H29NO. The summed E-state index contributed by atoms with van der Waals surface area (Å²) in [6.07, 6.45) is 6.60. The van der Waals surface area contributed by atoms with Crippen molar-refractivity contribution in [3.05, 3.63) is 0 Å². The van der Waals surface area contributed by atoms with Crippen LogP contribution in [-0.2, 0) is 0 Å². The number of hydrogen-bond donors (Lipinski definition) is 2. The average molecular weight is 227 g/mol. The molecule has 0 aromatic heterocycles. The van der Waals surface area contributed by atoms with Crippen LogP contribution in [0.3, 0.4) is 0 Å². The van der Waals surface area contributed by atoms with Gasteiger partial charge in [0.05, 0.1) is 6.61 Å². The van der Waals surface area contributed by atoms with Crippen LogP contribution in [0, 0.1) is 17.8 Å². The molecule has 2 N–H and O–H groups in total. The van der Waals surface area contributed by atoms with E-state index in [1.54, 1.807) is 0 Å². The smallest absolute Gasteiger partial charge is 0.0584 e. The van der Waals surface area contributed by atoms with Crippen molar-refractivity contribution in [3.8, 4) is 0 Å². The van der Waals surface area contributed by atoms with E-state index in [4.69, 9.17) is 0 Å². The summed E-state index contributed by atoms with van der Waals surface area (Å²) in [7, 11) is 0. The van der Waals surface area contributed by atoms with Gasteiger partial charge in [-0.15, -0.1) is 0 Å². The third-order valence-electron chi connectivity index (χ3n) is 3.81. The highest BCUT2D eigenvalue weighted by atomic mass is 16.3. The molecule has 0 saturated heterocycles. The van der Waals surface area contributed by atoms with Gasteiger partial charge in [0.2, 0.25) is 0 Å². The molecule has 0 heterocycles. The van der Waals surface area contributed by atoms with E-state index in [9.17, 15) is 5.11 Å². The van der Waals surface area contributed by atoms with Gasteiger partial charge >= 0.3 is 0 Å². The van der Waals surface area contributed by atoms with E-state index in [0.29, 0.717) is 12.0 Å². The second kappa shape index (κ2) is 7.29. The predicted octanol–water partition coefficient (Wildman–Crippen LogP) is 2.81. The maximum Gasteiger partial charge on any atom is 0.0584 e. The van der Waals surface area contributed by atoms with E-state index in [1.165, 1.54) is 25.7 Å². The Morgan fingerprint density at radius 3 is 2.31 bits per heavy atom. The minimum Gasteiger partial charge on any atom is -0.395 e. The SMILES string of the molecule is CC(C)CC(CO)NCC1CCC(C)CC1. The zero-order valence-corrected chi connectivity index (χ0v) is 11.2. The van der Waals surface area contributed by atoms with Crippen molar-refractivity contribution in [2.75, 3.05) is 13.2 Å². The van der Waals surface area contributed by atoms with Gasteiger partial charge in [-0.25, -0.2) is 0 Å². The fourth-order valence-corrected chi connectivity index (χ4v) is 2.66. The Bertz CT molecular complexity index is 174. The zero-order valence-electron chi connectivity index (χ0n) is 11.2. The molecule has 0 bridgehead atoms. The number of nitrogens with one attached hydrogen (secondary N) is 1. The van der Waals surface area contributed by atoms with Crippen LogP contribution < -0.4 is 5.32 Å². The maximum atomic E-state index is 9.28. The van der Waals surface area contributed by atoms with Gasteiger partial charge in [0.25, 0.3) is 0 Å². The highest BCUT2D eigenvalue weighted by Crippen LogP contribution is 2.27. The molecule has 0 aliphatic heterocycles. The Kier molecular flexibility index (Phi) is 6.37. The van der Waals surface area contributed by atoms with Crippen molar-refractivity contribution in [1.82, 2.24) is 5.32 Å². The molecule has 0 amide bonds. The molecule has 16 heavy (non-hydrogen) atoms. The highest BCUT2D eigenvalue weighted by Gasteiger charge is 2.19. The molecule has 0 aromatic rings. The molecule has 1 atom stereocenters. The lowest BCUT2D eigenvalue weighted by atomic mass is 9.83. The minimum atomic E-state index is 0.279. The predicted molar refractivity (Wildman–Crippen MR) is 69.5 cm³/mol. The van der Waals surface area contributed by atoms with E-state index in [-0.39, 0.29) is 6.61 Å². The molecule has 0 aromatic carbocycles. The lowest BCUT2D eigenvalue weighted by Gasteiger charge is -2.28. The second-order valence-corrected chi connectivity index (χ2v) is 6.04. The van der Waals surface area contributed by atoms with Gasteiger partial charge in [-0.05, 0) is 43.6 Å². The van der Waals surface area contributed by atoms with Gasteiger partial charge in [-0.2, -0.15) is 0 Å². The van der Waals surface area contributed by atoms with Crippen LogP contribution in [0.1, 0.15) is 52.9 Å². The standard InChI is InChI=1S/C14H29NO/c1-11(2)8-14(10-16)15-9-13-6-4-12(3)5-7-13/h11-16H,4-10H2,1-3H3. The van der Waals surface area contributed by atoms with Crippen molar-refractivity contribution < 1.29 is 5.11 Å². The van der Waals surface area contributed by atoms with Crippen molar-refractivity contribution in [3.63, 3.8) is 0 Å². The minimum absolute atomic E-state index is 0.279. The quantitative estimate of drug-likeness (QED) is 0.731. The molecule has 2 heteroatoms. The summed E-state index contributed by atoms with van der Waals surface area (Å²) >= 11 is 0. The van der Waals surface area contributed by atoms with Crippen LogP contribution in [0.25, 0.3) is 0 Å². The lowest BCUT2D eigenvalue weighted by Crippen LogP contribution is -2.37. The number of hydrogen-bond acceptors (Lipinski definition) is 2.